The number of nitrogens with one attached hydrogen (secondary N) is 2. The number of fused-ring (bicyclic) bond motifs is 2. The number of halogens is 2. The van der Waals surface area contributed by atoms with Gasteiger partial charge in [0, 0.05) is 24.8 Å². The van der Waals surface area contributed by atoms with E-state index in [1.54, 1.807) is 60.7 Å². The van der Waals surface area contributed by atoms with E-state index in [2.05, 4.69) is 25.0 Å². The van der Waals surface area contributed by atoms with Crippen LogP contribution >= 0.6 is 0 Å². The molecule has 47 heavy (non-hydrogen) atoms. The quantitative estimate of drug-likeness (QED) is 0.180. The van der Waals surface area contributed by atoms with Crippen molar-refractivity contribution in [3.05, 3.63) is 129 Å². The molecule has 6 rings (SSSR count). The number of alkyl halides is 2. The molecule has 2 N–H and O–H groups in total. The van der Waals surface area contributed by atoms with Crippen molar-refractivity contribution in [3.63, 3.8) is 0 Å². The van der Waals surface area contributed by atoms with Crippen molar-refractivity contribution in [2.75, 3.05) is 24.2 Å². The van der Waals surface area contributed by atoms with Crippen LogP contribution in [0.5, 0.6) is 11.5 Å². The van der Waals surface area contributed by atoms with E-state index in [-0.39, 0.29) is 39.5 Å². The second kappa shape index (κ2) is 12.7. The zero-order valence-electron chi connectivity index (χ0n) is 25.9. The van der Waals surface area contributed by atoms with Gasteiger partial charge in [-0.15, -0.1) is 8.78 Å². The van der Waals surface area contributed by atoms with E-state index in [9.17, 15) is 23.2 Å². The normalized spacial score (nSPS) is 13.1. The van der Waals surface area contributed by atoms with Gasteiger partial charge in [-0.05, 0) is 98.1 Å². The Morgan fingerprint density at radius 3 is 2.30 bits per heavy atom. The summed E-state index contributed by atoms with van der Waals surface area (Å²) in [6.45, 7) is 4.96. The summed E-state index contributed by atoms with van der Waals surface area (Å²) in [7, 11) is 1.93. The highest BCUT2D eigenvalue weighted by atomic mass is 19.3. The number of rotatable bonds is 9. The number of amides is 2. The first-order chi connectivity index (χ1) is 22.4. The Balaban J connectivity index is 1.08. The van der Waals surface area contributed by atoms with E-state index in [1.807, 2.05) is 33.0 Å². The van der Waals surface area contributed by atoms with E-state index in [0.717, 1.165) is 28.3 Å². The molecule has 0 aliphatic carbocycles. The van der Waals surface area contributed by atoms with Gasteiger partial charge in [0.1, 0.15) is 5.58 Å². The van der Waals surface area contributed by atoms with Gasteiger partial charge in [-0.25, -0.2) is 0 Å². The molecular formula is C36H31F2N3O6. The second-order valence-corrected chi connectivity index (χ2v) is 11.5. The molecule has 0 radical (unpaired) electrons. The first-order valence-electron chi connectivity index (χ1n) is 14.9. The molecular weight excluding hydrogens is 608 g/mol. The minimum Gasteiger partial charge on any atom is -0.451 e. The van der Waals surface area contributed by atoms with Gasteiger partial charge < -0.3 is 29.4 Å². The fraction of sp³-hybridized carbons (Fsp3) is 0.194. The van der Waals surface area contributed by atoms with Gasteiger partial charge in [0.15, 0.2) is 22.7 Å². The number of benzene rings is 4. The SMILES string of the molecule is Cc1cc(NC(=O)c2cc(=O)c3ccccc3o2)c(C(=O)Nc2ccc(CCN(C)Cc3ccc4c(c3)OC(F)(F)O4)cc2)cc1C. The topological polar surface area (TPSA) is 110 Å². The van der Waals surface area contributed by atoms with Crippen LogP contribution in [0.4, 0.5) is 20.2 Å². The highest BCUT2D eigenvalue weighted by Gasteiger charge is 2.43. The fourth-order valence-electron chi connectivity index (χ4n) is 5.26. The average molecular weight is 640 g/mol. The maximum atomic E-state index is 13.4. The molecule has 0 fully saturated rings. The van der Waals surface area contributed by atoms with Crippen LogP contribution in [0.25, 0.3) is 11.0 Å². The van der Waals surface area contributed by atoms with Crippen molar-refractivity contribution in [3.8, 4) is 11.5 Å². The largest absolute Gasteiger partial charge is 0.586 e. The second-order valence-electron chi connectivity index (χ2n) is 11.5. The summed E-state index contributed by atoms with van der Waals surface area (Å²) >= 11 is 0. The molecule has 1 aliphatic rings. The molecule has 0 unspecified atom stereocenters. The lowest BCUT2D eigenvalue weighted by atomic mass is 10.0. The molecule has 0 saturated carbocycles. The first-order valence-corrected chi connectivity index (χ1v) is 14.9. The van der Waals surface area contributed by atoms with Crippen LogP contribution in [-0.2, 0) is 13.0 Å². The summed E-state index contributed by atoms with van der Waals surface area (Å²) in [5.74, 6) is -1.20. The third-order valence-corrected chi connectivity index (χ3v) is 7.90. The van der Waals surface area contributed by atoms with Gasteiger partial charge in [-0.2, -0.15) is 0 Å². The molecule has 2 heterocycles. The van der Waals surface area contributed by atoms with Crippen molar-refractivity contribution >= 4 is 34.2 Å². The zero-order valence-corrected chi connectivity index (χ0v) is 25.9. The number of likely N-dealkylation sites (N-methyl/N-ethyl adjacent to an activating group) is 1. The van der Waals surface area contributed by atoms with E-state index in [4.69, 9.17) is 4.42 Å². The minimum atomic E-state index is -3.64. The number of hydrogen-bond acceptors (Lipinski definition) is 7. The van der Waals surface area contributed by atoms with E-state index < -0.39 is 18.1 Å². The number of ether oxygens (including phenoxy) is 2. The maximum absolute atomic E-state index is 13.4. The molecule has 0 atom stereocenters. The summed E-state index contributed by atoms with van der Waals surface area (Å²) < 4.78 is 41.3. The summed E-state index contributed by atoms with van der Waals surface area (Å²) in [5, 5.41) is 6.00. The van der Waals surface area contributed by atoms with Gasteiger partial charge in [-0.1, -0.05) is 30.3 Å². The van der Waals surface area contributed by atoms with Gasteiger partial charge in [0.05, 0.1) is 16.6 Å². The number of carbonyl (C=O) groups is 2. The predicted molar refractivity (Wildman–Crippen MR) is 173 cm³/mol. The van der Waals surface area contributed by atoms with Crippen molar-refractivity contribution in [2.45, 2.75) is 33.1 Å². The molecule has 240 valence electrons. The van der Waals surface area contributed by atoms with Crippen LogP contribution in [0, 0.1) is 13.8 Å². The highest BCUT2D eigenvalue weighted by Crippen LogP contribution is 2.41. The number of aryl methyl sites for hydroxylation is 2. The smallest absolute Gasteiger partial charge is 0.451 e. The number of hydrogen-bond donors (Lipinski definition) is 2. The number of nitrogens with zero attached hydrogens (tertiary/aromatic N) is 1. The molecule has 0 saturated heterocycles. The molecule has 0 bridgehead atoms. The van der Waals surface area contributed by atoms with Gasteiger partial charge in [0.25, 0.3) is 11.8 Å². The Labute approximate surface area is 268 Å². The van der Waals surface area contributed by atoms with Crippen molar-refractivity contribution in [1.29, 1.82) is 0 Å². The summed E-state index contributed by atoms with van der Waals surface area (Å²) in [6, 6.07) is 23.4. The molecule has 1 aliphatic heterocycles. The lowest BCUT2D eigenvalue weighted by Gasteiger charge is -2.17. The summed E-state index contributed by atoms with van der Waals surface area (Å²) in [4.78, 5) is 41.1. The van der Waals surface area contributed by atoms with Crippen molar-refractivity contribution in [2.24, 2.45) is 0 Å². The van der Waals surface area contributed by atoms with Gasteiger partial charge in [0.2, 0.25) is 0 Å². The van der Waals surface area contributed by atoms with Crippen LogP contribution in [0.2, 0.25) is 0 Å². The van der Waals surface area contributed by atoms with Crippen molar-refractivity contribution < 1.29 is 32.3 Å². The molecule has 0 spiro atoms. The number of anilines is 2. The Bertz CT molecular complexity index is 2060. The molecule has 11 heteroatoms. The van der Waals surface area contributed by atoms with Crippen LogP contribution in [-0.4, -0.2) is 36.6 Å². The molecule has 2 amide bonds. The predicted octanol–water partition coefficient (Wildman–Crippen LogP) is 6.91. The summed E-state index contributed by atoms with van der Waals surface area (Å²) in [5.41, 5.74) is 4.63. The third-order valence-electron chi connectivity index (χ3n) is 7.90. The van der Waals surface area contributed by atoms with Crippen LogP contribution in [0.15, 0.2) is 94.1 Å². The monoisotopic (exact) mass is 639 g/mol. The Kier molecular flexibility index (Phi) is 8.48. The molecule has 9 nitrogen and oxygen atoms in total. The lowest BCUT2D eigenvalue weighted by Crippen LogP contribution is -2.25. The average Bonchev–Trinajstić information content (AvgIpc) is 3.35. The van der Waals surface area contributed by atoms with Crippen molar-refractivity contribution in [1.82, 2.24) is 4.90 Å². The number of para-hydroxylation sites is 1. The first kappa shape index (κ1) is 31.4. The van der Waals surface area contributed by atoms with Gasteiger partial charge >= 0.3 is 6.29 Å². The Morgan fingerprint density at radius 2 is 1.51 bits per heavy atom. The molecule has 4 aromatic carbocycles. The fourth-order valence-corrected chi connectivity index (χ4v) is 5.26. The van der Waals surface area contributed by atoms with Gasteiger partial charge in [-0.3, -0.25) is 14.4 Å². The Hall–Kier alpha value is -5.55. The highest BCUT2D eigenvalue weighted by molar-refractivity contribution is 6.12. The van der Waals surface area contributed by atoms with E-state index in [1.165, 1.54) is 6.07 Å². The van der Waals surface area contributed by atoms with Crippen LogP contribution in [0.3, 0.4) is 0 Å². The maximum Gasteiger partial charge on any atom is 0.586 e. The van der Waals surface area contributed by atoms with E-state index in [0.29, 0.717) is 30.6 Å². The number of carbonyl (C=O) groups excluding carboxylic acids is 2. The standard InChI is InChI=1S/C36H31F2N3O6/c1-21-16-27(28(17-22(21)2)40-35(44)33-19-29(42)26-6-4-5-7-30(26)45-33)34(43)39-25-11-8-23(9-12-25)14-15-41(3)20-24-10-13-31-32(18-24)47-36(37,38)46-31/h4-13,16-19H,14-15,20H2,1-3H3,(H,39,43)(H,40,44). The third kappa shape index (κ3) is 7.15. The molecule has 5 aromatic rings. The van der Waals surface area contributed by atoms with Crippen LogP contribution in [0.1, 0.15) is 43.2 Å². The lowest BCUT2D eigenvalue weighted by molar-refractivity contribution is -0.286. The molecule has 1 aromatic heterocycles. The summed E-state index contributed by atoms with van der Waals surface area (Å²) in [6.07, 6.45) is -2.93. The van der Waals surface area contributed by atoms with Crippen LogP contribution < -0.4 is 25.5 Å². The van der Waals surface area contributed by atoms with E-state index >= 15 is 0 Å². The zero-order chi connectivity index (χ0) is 33.3. The Morgan fingerprint density at radius 1 is 0.809 bits per heavy atom. The minimum absolute atomic E-state index is 0.0166.